The van der Waals surface area contributed by atoms with E-state index in [9.17, 15) is 17.6 Å². The van der Waals surface area contributed by atoms with Crippen molar-refractivity contribution in [1.82, 2.24) is 0 Å². The fraction of sp³-hybridized carbons (Fsp3) is 0.200. The second-order valence-electron chi connectivity index (χ2n) is 2.62. The summed E-state index contributed by atoms with van der Waals surface area (Å²) in [6.45, 7) is 0. The highest BCUT2D eigenvalue weighted by atomic mass is 35.5. The summed E-state index contributed by atoms with van der Waals surface area (Å²) in [5, 5.41) is 0. The summed E-state index contributed by atoms with van der Waals surface area (Å²) in [5.41, 5.74) is -1.36. The molecule has 1 aromatic carbocycles. The molecule has 0 aromatic heterocycles. The zero-order valence-corrected chi connectivity index (χ0v) is 8.08. The van der Waals surface area contributed by atoms with Gasteiger partial charge in [0.05, 0.1) is 11.4 Å². The monoisotopic (exact) mass is 236 g/mol. The first-order valence-corrected chi connectivity index (χ1v) is 4.40. The van der Waals surface area contributed by atoms with Crippen LogP contribution in [0.4, 0.5) is 17.6 Å². The van der Waals surface area contributed by atoms with Gasteiger partial charge >= 0.3 is 6.18 Å². The summed E-state index contributed by atoms with van der Waals surface area (Å²) in [6.07, 6.45) is -4.54. The Kier molecular flexibility index (Phi) is 3.59. The molecule has 0 aliphatic rings. The van der Waals surface area contributed by atoms with Crippen molar-refractivity contribution in [1.29, 1.82) is 0 Å². The van der Waals surface area contributed by atoms with Crippen LogP contribution in [0.3, 0.4) is 0 Å². The van der Waals surface area contributed by atoms with Crippen LogP contribution in [0.15, 0.2) is 18.2 Å². The van der Waals surface area contributed by atoms with Gasteiger partial charge in [0.15, 0.2) is 0 Å². The molecular weight excluding hydrogens is 232 g/mol. The van der Waals surface area contributed by atoms with Crippen molar-refractivity contribution < 1.29 is 17.6 Å². The van der Waals surface area contributed by atoms with Crippen LogP contribution in [0.25, 0.3) is 0 Å². The van der Waals surface area contributed by atoms with Gasteiger partial charge in [-0.2, -0.15) is 13.2 Å². The van der Waals surface area contributed by atoms with Gasteiger partial charge in [0.25, 0.3) is 0 Å². The van der Waals surface area contributed by atoms with Crippen molar-refractivity contribution in [2.24, 2.45) is 0 Å². The SMILES string of the molecule is Fc1ccc(C(F)(F)F)c(C#CCCl)c1. The highest BCUT2D eigenvalue weighted by molar-refractivity contribution is 6.19. The first-order chi connectivity index (χ1) is 6.95. The standard InChI is InChI=1S/C10H5ClF4/c11-5-1-2-7-6-8(12)3-4-9(7)10(13,14)15/h3-4,6H,5H2. The molecule has 0 heterocycles. The van der Waals surface area contributed by atoms with Gasteiger partial charge in [0, 0.05) is 5.56 Å². The van der Waals surface area contributed by atoms with Gasteiger partial charge < -0.3 is 0 Å². The molecule has 1 rings (SSSR count). The van der Waals surface area contributed by atoms with Gasteiger partial charge in [0.1, 0.15) is 5.82 Å². The van der Waals surface area contributed by atoms with Crippen LogP contribution in [-0.4, -0.2) is 5.88 Å². The molecule has 0 radical (unpaired) electrons. The van der Waals surface area contributed by atoms with Crippen LogP contribution in [0.2, 0.25) is 0 Å². The van der Waals surface area contributed by atoms with E-state index in [1.54, 1.807) is 0 Å². The van der Waals surface area contributed by atoms with Crippen LogP contribution in [-0.2, 0) is 6.18 Å². The van der Waals surface area contributed by atoms with Crippen molar-refractivity contribution in [2.75, 3.05) is 5.88 Å². The van der Waals surface area contributed by atoms with Crippen molar-refractivity contribution >= 4 is 11.6 Å². The van der Waals surface area contributed by atoms with E-state index >= 15 is 0 Å². The molecule has 0 aliphatic carbocycles. The van der Waals surface area contributed by atoms with Crippen LogP contribution in [0.1, 0.15) is 11.1 Å². The highest BCUT2D eigenvalue weighted by Gasteiger charge is 2.33. The lowest BCUT2D eigenvalue weighted by molar-refractivity contribution is -0.137. The van der Waals surface area contributed by atoms with E-state index in [-0.39, 0.29) is 5.88 Å². The first kappa shape index (κ1) is 11.9. The fourth-order valence-corrected chi connectivity index (χ4v) is 1.06. The average molecular weight is 237 g/mol. The third-order valence-electron chi connectivity index (χ3n) is 1.58. The Morgan fingerprint density at radius 2 is 1.93 bits per heavy atom. The number of benzene rings is 1. The van der Waals surface area contributed by atoms with Gasteiger partial charge in [-0.1, -0.05) is 11.8 Å². The maximum atomic E-state index is 12.7. The molecule has 0 nitrogen and oxygen atoms in total. The molecule has 0 atom stereocenters. The third-order valence-corrected chi connectivity index (χ3v) is 1.71. The fourth-order valence-electron chi connectivity index (χ4n) is 0.996. The Labute approximate surface area is 88.9 Å². The lowest BCUT2D eigenvalue weighted by Gasteiger charge is -2.08. The maximum absolute atomic E-state index is 12.7. The predicted octanol–water partition coefficient (Wildman–Crippen LogP) is 3.43. The van der Waals surface area contributed by atoms with Crippen LogP contribution in [0.5, 0.6) is 0 Å². The minimum atomic E-state index is -4.54. The summed E-state index contributed by atoms with van der Waals surface area (Å²) >= 11 is 5.21. The zero-order valence-electron chi connectivity index (χ0n) is 7.33. The summed E-state index contributed by atoms with van der Waals surface area (Å²) in [4.78, 5) is 0. The van der Waals surface area contributed by atoms with Crippen molar-refractivity contribution in [3.8, 4) is 11.8 Å². The van der Waals surface area contributed by atoms with Crippen molar-refractivity contribution in [3.63, 3.8) is 0 Å². The normalized spacial score (nSPS) is 10.7. The third kappa shape index (κ3) is 3.14. The molecule has 0 bridgehead atoms. The lowest BCUT2D eigenvalue weighted by Crippen LogP contribution is -2.07. The van der Waals surface area contributed by atoms with E-state index in [1.165, 1.54) is 0 Å². The number of hydrogen-bond acceptors (Lipinski definition) is 0. The molecule has 5 heteroatoms. The Bertz CT molecular complexity index is 412. The molecule has 0 saturated heterocycles. The molecule has 0 unspecified atom stereocenters. The molecule has 1 aromatic rings. The van der Waals surface area contributed by atoms with Crippen molar-refractivity contribution in [2.45, 2.75) is 6.18 Å². The van der Waals surface area contributed by atoms with Crippen LogP contribution < -0.4 is 0 Å². The smallest absolute Gasteiger partial charge is 0.207 e. The molecule has 0 N–H and O–H groups in total. The van der Waals surface area contributed by atoms with Gasteiger partial charge in [-0.3, -0.25) is 0 Å². The number of rotatable bonds is 0. The molecular formula is C10H5ClF4. The number of alkyl halides is 4. The van der Waals surface area contributed by atoms with Crippen LogP contribution in [0, 0.1) is 17.7 Å². The minimum absolute atomic E-state index is 0.103. The first-order valence-electron chi connectivity index (χ1n) is 3.86. The zero-order chi connectivity index (χ0) is 11.5. The summed E-state index contributed by atoms with van der Waals surface area (Å²) < 4.78 is 49.8. The van der Waals surface area contributed by atoms with Crippen LogP contribution >= 0.6 is 11.6 Å². The van der Waals surface area contributed by atoms with E-state index in [2.05, 4.69) is 11.8 Å². The summed E-state index contributed by atoms with van der Waals surface area (Å²) in [6, 6.07) is 2.14. The predicted molar refractivity (Wildman–Crippen MR) is 49.0 cm³/mol. The second-order valence-corrected chi connectivity index (χ2v) is 2.89. The molecule has 15 heavy (non-hydrogen) atoms. The largest absolute Gasteiger partial charge is 0.417 e. The topological polar surface area (TPSA) is 0 Å². The van der Waals surface area contributed by atoms with E-state index in [4.69, 9.17) is 11.6 Å². The van der Waals surface area contributed by atoms with Gasteiger partial charge in [0.2, 0.25) is 0 Å². The Morgan fingerprint density at radius 1 is 1.27 bits per heavy atom. The number of hydrogen-bond donors (Lipinski definition) is 0. The molecule has 0 saturated carbocycles. The molecule has 0 spiro atoms. The van der Waals surface area contributed by atoms with Gasteiger partial charge in [-0.25, -0.2) is 4.39 Å². The maximum Gasteiger partial charge on any atom is 0.417 e. The number of halogens is 5. The van der Waals surface area contributed by atoms with E-state index in [0.717, 1.165) is 12.1 Å². The van der Waals surface area contributed by atoms with E-state index < -0.39 is 23.1 Å². The summed E-state index contributed by atoms with van der Waals surface area (Å²) in [7, 11) is 0. The van der Waals surface area contributed by atoms with Gasteiger partial charge in [-0.15, -0.1) is 11.6 Å². The minimum Gasteiger partial charge on any atom is -0.207 e. The van der Waals surface area contributed by atoms with E-state index in [0.29, 0.717) is 6.07 Å². The average Bonchev–Trinajstić information content (AvgIpc) is 2.12. The highest BCUT2D eigenvalue weighted by Crippen LogP contribution is 2.31. The Hall–Kier alpha value is -1.21. The Balaban J connectivity index is 3.27. The van der Waals surface area contributed by atoms with E-state index in [1.807, 2.05) is 0 Å². The molecule has 0 fully saturated rings. The van der Waals surface area contributed by atoms with Crippen molar-refractivity contribution in [3.05, 3.63) is 35.1 Å². The molecule has 0 amide bonds. The quantitative estimate of drug-likeness (QED) is 0.368. The molecule has 80 valence electrons. The Morgan fingerprint density at radius 3 is 2.47 bits per heavy atom. The van der Waals surface area contributed by atoms with Gasteiger partial charge in [-0.05, 0) is 18.2 Å². The lowest BCUT2D eigenvalue weighted by atomic mass is 10.1. The summed E-state index contributed by atoms with van der Waals surface area (Å²) in [5.74, 6) is 3.56. The second kappa shape index (κ2) is 4.54. The molecule has 0 aliphatic heterocycles.